The maximum Gasteiger partial charge on any atom is 0.00104 e. The van der Waals surface area contributed by atoms with Crippen LogP contribution in [0.15, 0.2) is 18.2 Å². The standard InChI is InChI=1S/C15H25N/c1-11(2)16-10-13(4)9-15-7-6-12(3)8-14(15)5/h6-8,11,13,16H,9-10H2,1-5H3. The summed E-state index contributed by atoms with van der Waals surface area (Å²) >= 11 is 0. The van der Waals surface area contributed by atoms with Gasteiger partial charge in [-0.05, 0) is 43.9 Å². The summed E-state index contributed by atoms with van der Waals surface area (Å²) in [6.45, 7) is 12.2. The lowest BCUT2D eigenvalue weighted by molar-refractivity contribution is 0.475. The van der Waals surface area contributed by atoms with Crippen LogP contribution in [0.3, 0.4) is 0 Å². The highest BCUT2D eigenvalue weighted by atomic mass is 14.9. The van der Waals surface area contributed by atoms with Crippen LogP contribution < -0.4 is 5.32 Å². The van der Waals surface area contributed by atoms with Gasteiger partial charge in [-0.3, -0.25) is 0 Å². The number of hydrogen-bond acceptors (Lipinski definition) is 1. The minimum absolute atomic E-state index is 0.585. The molecule has 0 aliphatic heterocycles. The van der Waals surface area contributed by atoms with Gasteiger partial charge in [0.2, 0.25) is 0 Å². The molecule has 0 fully saturated rings. The normalized spacial score (nSPS) is 13.1. The van der Waals surface area contributed by atoms with Gasteiger partial charge in [0.25, 0.3) is 0 Å². The Bertz CT molecular complexity index is 328. The molecule has 0 heterocycles. The zero-order valence-electron chi connectivity index (χ0n) is 11.3. The fourth-order valence-corrected chi connectivity index (χ4v) is 1.96. The van der Waals surface area contributed by atoms with Crippen molar-refractivity contribution in [3.8, 4) is 0 Å². The van der Waals surface area contributed by atoms with Crippen molar-refractivity contribution in [3.05, 3.63) is 34.9 Å². The van der Waals surface area contributed by atoms with Crippen molar-refractivity contribution in [3.63, 3.8) is 0 Å². The zero-order chi connectivity index (χ0) is 12.1. The molecule has 90 valence electrons. The van der Waals surface area contributed by atoms with Gasteiger partial charge in [0.05, 0.1) is 0 Å². The second kappa shape index (κ2) is 6.05. The molecule has 0 amide bonds. The Kier molecular flexibility index (Phi) is 5.01. The van der Waals surface area contributed by atoms with Crippen molar-refractivity contribution in [2.45, 2.75) is 47.1 Å². The first-order valence-corrected chi connectivity index (χ1v) is 6.28. The third kappa shape index (κ3) is 4.36. The van der Waals surface area contributed by atoms with Crippen molar-refractivity contribution in [2.75, 3.05) is 6.54 Å². The molecule has 1 aromatic carbocycles. The second-order valence-corrected chi connectivity index (χ2v) is 5.30. The van der Waals surface area contributed by atoms with Crippen molar-refractivity contribution < 1.29 is 0 Å². The molecule has 1 rings (SSSR count). The third-order valence-corrected chi connectivity index (χ3v) is 2.94. The van der Waals surface area contributed by atoms with Crippen LogP contribution in [0.1, 0.15) is 37.5 Å². The Morgan fingerprint density at radius 2 is 1.81 bits per heavy atom. The van der Waals surface area contributed by atoms with Crippen LogP contribution in [-0.2, 0) is 6.42 Å². The molecule has 1 unspecified atom stereocenters. The Balaban J connectivity index is 2.52. The van der Waals surface area contributed by atoms with Gasteiger partial charge in [0, 0.05) is 6.04 Å². The van der Waals surface area contributed by atoms with Gasteiger partial charge in [-0.2, -0.15) is 0 Å². The molecule has 16 heavy (non-hydrogen) atoms. The molecular weight excluding hydrogens is 194 g/mol. The predicted octanol–water partition coefficient (Wildman–Crippen LogP) is 3.48. The summed E-state index contributed by atoms with van der Waals surface area (Å²) in [5.41, 5.74) is 4.27. The minimum atomic E-state index is 0.585. The van der Waals surface area contributed by atoms with Gasteiger partial charge >= 0.3 is 0 Å². The monoisotopic (exact) mass is 219 g/mol. The molecule has 0 aliphatic rings. The summed E-state index contributed by atoms with van der Waals surface area (Å²) in [5, 5.41) is 3.50. The molecule has 1 atom stereocenters. The second-order valence-electron chi connectivity index (χ2n) is 5.30. The fourth-order valence-electron chi connectivity index (χ4n) is 1.96. The summed E-state index contributed by atoms with van der Waals surface area (Å²) in [4.78, 5) is 0. The number of aryl methyl sites for hydroxylation is 2. The molecule has 0 saturated carbocycles. The Hall–Kier alpha value is -0.820. The molecule has 1 N–H and O–H groups in total. The van der Waals surface area contributed by atoms with Crippen molar-refractivity contribution >= 4 is 0 Å². The molecule has 0 aliphatic carbocycles. The maximum absolute atomic E-state index is 3.50. The molecule has 0 spiro atoms. The lowest BCUT2D eigenvalue weighted by atomic mass is 9.96. The van der Waals surface area contributed by atoms with E-state index >= 15 is 0 Å². The molecule has 1 nitrogen and oxygen atoms in total. The molecular formula is C15H25N. The van der Waals surface area contributed by atoms with E-state index in [1.165, 1.54) is 23.1 Å². The van der Waals surface area contributed by atoms with Crippen LogP contribution >= 0.6 is 0 Å². The minimum Gasteiger partial charge on any atom is -0.314 e. The van der Waals surface area contributed by atoms with Gasteiger partial charge < -0.3 is 5.32 Å². The molecule has 1 heteroatoms. The highest BCUT2D eigenvalue weighted by molar-refractivity contribution is 5.30. The topological polar surface area (TPSA) is 12.0 Å². The van der Waals surface area contributed by atoms with Crippen LogP contribution in [0.4, 0.5) is 0 Å². The quantitative estimate of drug-likeness (QED) is 0.799. The van der Waals surface area contributed by atoms with Crippen molar-refractivity contribution in [2.24, 2.45) is 5.92 Å². The van der Waals surface area contributed by atoms with Crippen LogP contribution in [-0.4, -0.2) is 12.6 Å². The number of rotatable bonds is 5. The van der Waals surface area contributed by atoms with E-state index in [0.717, 1.165) is 6.54 Å². The van der Waals surface area contributed by atoms with E-state index in [2.05, 4.69) is 58.1 Å². The predicted molar refractivity (Wildman–Crippen MR) is 71.9 cm³/mol. The Morgan fingerprint density at radius 1 is 1.12 bits per heavy atom. The van der Waals surface area contributed by atoms with Gasteiger partial charge in [-0.25, -0.2) is 0 Å². The Morgan fingerprint density at radius 3 is 2.38 bits per heavy atom. The van der Waals surface area contributed by atoms with E-state index in [-0.39, 0.29) is 0 Å². The van der Waals surface area contributed by atoms with Gasteiger partial charge in [-0.15, -0.1) is 0 Å². The summed E-state index contributed by atoms with van der Waals surface area (Å²) in [7, 11) is 0. The highest BCUT2D eigenvalue weighted by Crippen LogP contribution is 2.14. The molecule has 0 saturated heterocycles. The van der Waals surface area contributed by atoms with Crippen LogP contribution in [0, 0.1) is 19.8 Å². The third-order valence-electron chi connectivity index (χ3n) is 2.94. The molecule has 0 aromatic heterocycles. The van der Waals surface area contributed by atoms with Crippen LogP contribution in [0.5, 0.6) is 0 Å². The lowest BCUT2D eigenvalue weighted by Crippen LogP contribution is -2.28. The summed E-state index contributed by atoms with van der Waals surface area (Å²) in [6.07, 6.45) is 1.17. The average Bonchev–Trinajstić information content (AvgIpc) is 2.19. The van der Waals surface area contributed by atoms with E-state index in [1.807, 2.05) is 0 Å². The summed E-state index contributed by atoms with van der Waals surface area (Å²) < 4.78 is 0. The first-order chi connectivity index (χ1) is 7.49. The first-order valence-electron chi connectivity index (χ1n) is 6.28. The lowest BCUT2D eigenvalue weighted by Gasteiger charge is -2.16. The van der Waals surface area contributed by atoms with E-state index in [1.54, 1.807) is 0 Å². The smallest absolute Gasteiger partial charge is 0.00104 e. The van der Waals surface area contributed by atoms with Crippen molar-refractivity contribution in [1.29, 1.82) is 0 Å². The average molecular weight is 219 g/mol. The van der Waals surface area contributed by atoms with E-state index in [0.29, 0.717) is 12.0 Å². The van der Waals surface area contributed by atoms with Crippen molar-refractivity contribution in [1.82, 2.24) is 5.32 Å². The summed E-state index contributed by atoms with van der Waals surface area (Å²) in [6, 6.07) is 7.35. The number of benzene rings is 1. The van der Waals surface area contributed by atoms with E-state index in [4.69, 9.17) is 0 Å². The Labute approximate surface area is 100 Å². The van der Waals surface area contributed by atoms with Gasteiger partial charge in [-0.1, -0.05) is 44.5 Å². The highest BCUT2D eigenvalue weighted by Gasteiger charge is 2.06. The number of nitrogens with one attached hydrogen (secondary N) is 1. The first kappa shape index (κ1) is 13.2. The van der Waals surface area contributed by atoms with E-state index < -0.39 is 0 Å². The molecule has 1 aromatic rings. The number of hydrogen-bond donors (Lipinski definition) is 1. The molecule has 0 bridgehead atoms. The summed E-state index contributed by atoms with van der Waals surface area (Å²) in [5.74, 6) is 0.698. The molecule has 0 radical (unpaired) electrons. The maximum atomic E-state index is 3.50. The van der Waals surface area contributed by atoms with Gasteiger partial charge in [0.15, 0.2) is 0 Å². The van der Waals surface area contributed by atoms with Crippen LogP contribution in [0.2, 0.25) is 0 Å². The van der Waals surface area contributed by atoms with E-state index in [9.17, 15) is 0 Å². The SMILES string of the molecule is Cc1ccc(CC(C)CNC(C)C)c(C)c1. The largest absolute Gasteiger partial charge is 0.314 e. The van der Waals surface area contributed by atoms with Gasteiger partial charge in [0.1, 0.15) is 0 Å². The fraction of sp³-hybridized carbons (Fsp3) is 0.600. The van der Waals surface area contributed by atoms with Crippen LogP contribution in [0.25, 0.3) is 0 Å². The zero-order valence-corrected chi connectivity index (χ0v) is 11.3.